The number of benzene rings is 1. The van der Waals surface area contributed by atoms with Gasteiger partial charge >= 0.3 is 5.97 Å². The summed E-state index contributed by atoms with van der Waals surface area (Å²) in [7, 11) is 0. The lowest BCUT2D eigenvalue weighted by Crippen LogP contribution is -2.44. The van der Waals surface area contributed by atoms with Crippen LogP contribution in [0.4, 0.5) is 0 Å². The van der Waals surface area contributed by atoms with E-state index < -0.39 is 5.97 Å². The number of carbonyl (C=O) groups is 2. The van der Waals surface area contributed by atoms with Gasteiger partial charge in [-0.1, -0.05) is 26.0 Å². The highest BCUT2D eigenvalue weighted by atomic mass is 16.5. The van der Waals surface area contributed by atoms with Gasteiger partial charge in [0.1, 0.15) is 17.1 Å². The van der Waals surface area contributed by atoms with Gasteiger partial charge in [0, 0.05) is 19.3 Å². The molecule has 0 bridgehead atoms. The fourth-order valence-corrected chi connectivity index (χ4v) is 3.42. The lowest BCUT2D eigenvalue weighted by molar-refractivity contribution is -0.137. The Bertz CT molecular complexity index is 784. The predicted molar refractivity (Wildman–Crippen MR) is 101 cm³/mol. The Balaban J connectivity index is 1.62. The molecule has 6 heteroatoms. The summed E-state index contributed by atoms with van der Waals surface area (Å²) < 4.78 is 11.0. The van der Waals surface area contributed by atoms with Crippen molar-refractivity contribution in [2.75, 3.05) is 19.7 Å². The van der Waals surface area contributed by atoms with E-state index in [1.54, 1.807) is 53.7 Å². The SMILES string of the molecule is CC1CC(C)CN(C(=O)COC(=O)c2ccccc2Oc2cccnc2)C1. The van der Waals surface area contributed by atoms with Crippen LogP contribution in [0.15, 0.2) is 48.8 Å². The molecule has 0 radical (unpaired) electrons. The minimum absolute atomic E-state index is 0.160. The molecule has 3 rings (SSSR count). The van der Waals surface area contributed by atoms with Crippen molar-refractivity contribution >= 4 is 11.9 Å². The third-order valence-electron chi connectivity index (χ3n) is 4.52. The molecule has 0 spiro atoms. The Kier molecular flexibility index (Phi) is 6.06. The average molecular weight is 368 g/mol. The molecular weight excluding hydrogens is 344 g/mol. The Morgan fingerprint density at radius 1 is 1.11 bits per heavy atom. The maximum absolute atomic E-state index is 12.5. The van der Waals surface area contributed by atoms with Crippen LogP contribution in [0.3, 0.4) is 0 Å². The summed E-state index contributed by atoms with van der Waals surface area (Å²) >= 11 is 0. The summed E-state index contributed by atoms with van der Waals surface area (Å²) in [6.45, 7) is 5.42. The summed E-state index contributed by atoms with van der Waals surface area (Å²) in [5.41, 5.74) is 0.273. The minimum Gasteiger partial charge on any atom is -0.455 e. The smallest absolute Gasteiger partial charge is 0.342 e. The fourth-order valence-electron chi connectivity index (χ4n) is 3.42. The van der Waals surface area contributed by atoms with Gasteiger partial charge in [-0.2, -0.15) is 0 Å². The van der Waals surface area contributed by atoms with E-state index in [1.807, 2.05) is 0 Å². The third kappa shape index (κ3) is 5.06. The Hall–Kier alpha value is -2.89. The number of rotatable bonds is 5. The molecule has 2 atom stereocenters. The lowest BCUT2D eigenvalue weighted by atomic mass is 9.92. The van der Waals surface area contributed by atoms with E-state index in [-0.39, 0.29) is 18.1 Å². The van der Waals surface area contributed by atoms with E-state index in [0.29, 0.717) is 36.4 Å². The quantitative estimate of drug-likeness (QED) is 0.755. The molecule has 2 aromatic rings. The Labute approximate surface area is 159 Å². The van der Waals surface area contributed by atoms with Crippen molar-refractivity contribution in [3.05, 3.63) is 54.4 Å². The van der Waals surface area contributed by atoms with Gasteiger partial charge in [0.25, 0.3) is 5.91 Å². The summed E-state index contributed by atoms with van der Waals surface area (Å²) in [6.07, 6.45) is 4.31. The summed E-state index contributed by atoms with van der Waals surface area (Å²) in [5.74, 6) is 1.06. The van der Waals surface area contributed by atoms with E-state index >= 15 is 0 Å². The first kappa shape index (κ1) is 18.9. The van der Waals surface area contributed by atoms with E-state index in [0.717, 1.165) is 6.42 Å². The van der Waals surface area contributed by atoms with E-state index in [1.165, 1.54) is 0 Å². The van der Waals surface area contributed by atoms with Crippen LogP contribution in [0.25, 0.3) is 0 Å². The van der Waals surface area contributed by atoms with Crippen LogP contribution in [0, 0.1) is 11.8 Å². The van der Waals surface area contributed by atoms with Crippen LogP contribution in [0.5, 0.6) is 11.5 Å². The molecule has 0 aliphatic carbocycles. The third-order valence-corrected chi connectivity index (χ3v) is 4.52. The molecule has 6 nitrogen and oxygen atoms in total. The van der Waals surface area contributed by atoms with Gasteiger partial charge in [0.15, 0.2) is 6.61 Å². The highest BCUT2D eigenvalue weighted by Gasteiger charge is 2.26. The monoisotopic (exact) mass is 368 g/mol. The second-order valence-electron chi connectivity index (χ2n) is 7.11. The van der Waals surface area contributed by atoms with Crippen molar-refractivity contribution in [2.45, 2.75) is 20.3 Å². The standard InChI is InChI=1S/C21H24N2O4/c1-15-10-16(2)13-23(12-15)20(24)14-26-21(25)18-7-3-4-8-19(18)27-17-6-5-9-22-11-17/h3-9,11,15-16H,10,12-14H2,1-2H3. The van der Waals surface area contributed by atoms with Crippen molar-refractivity contribution in [2.24, 2.45) is 11.8 Å². The Morgan fingerprint density at radius 2 is 1.85 bits per heavy atom. The van der Waals surface area contributed by atoms with Gasteiger partial charge in [-0.05, 0) is 42.5 Å². The number of hydrogen-bond donors (Lipinski definition) is 0. The van der Waals surface area contributed by atoms with Gasteiger partial charge in [-0.3, -0.25) is 9.78 Å². The number of esters is 1. The number of carbonyl (C=O) groups excluding carboxylic acids is 2. The number of piperidine rings is 1. The summed E-state index contributed by atoms with van der Waals surface area (Å²) in [5, 5.41) is 0. The van der Waals surface area contributed by atoms with Crippen LogP contribution < -0.4 is 4.74 Å². The molecule has 142 valence electrons. The summed E-state index contributed by atoms with van der Waals surface area (Å²) in [4.78, 5) is 30.7. The first-order chi connectivity index (χ1) is 13.0. The van der Waals surface area contributed by atoms with Crippen LogP contribution in [0.1, 0.15) is 30.6 Å². The molecule has 0 N–H and O–H groups in total. The molecule has 1 fully saturated rings. The van der Waals surface area contributed by atoms with E-state index in [4.69, 9.17) is 9.47 Å². The lowest BCUT2D eigenvalue weighted by Gasteiger charge is -2.34. The Morgan fingerprint density at radius 3 is 2.56 bits per heavy atom. The van der Waals surface area contributed by atoms with Gasteiger partial charge in [0.05, 0.1) is 6.20 Å². The highest BCUT2D eigenvalue weighted by molar-refractivity contribution is 5.94. The molecule has 2 unspecified atom stereocenters. The number of hydrogen-bond acceptors (Lipinski definition) is 5. The number of pyridine rings is 1. The van der Waals surface area contributed by atoms with Gasteiger partial charge in [-0.25, -0.2) is 4.79 Å². The number of nitrogens with zero attached hydrogens (tertiary/aromatic N) is 2. The molecule has 0 saturated carbocycles. The zero-order valence-electron chi connectivity index (χ0n) is 15.6. The first-order valence-electron chi connectivity index (χ1n) is 9.14. The minimum atomic E-state index is -0.582. The molecule has 2 heterocycles. The molecule has 1 saturated heterocycles. The van der Waals surface area contributed by atoms with Crippen LogP contribution >= 0.6 is 0 Å². The van der Waals surface area contributed by atoms with Crippen molar-refractivity contribution in [1.29, 1.82) is 0 Å². The number of likely N-dealkylation sites (tertiary alicyclic amines) is 1. The number of para-hydroxylation sites is 1. The van der Waals surface area contributed by atoms with Crippen molar-refractivity contribution in [3.63, 3.8) is 0 Å². The van der Waals surface area contributed by atoms with Crippen molar-refractivity contribution in [1.82, 2.24) is 9.88 Å². The zero-order chi connectivity index (χ0) is 19.2. The van der Waals surface area contributed by atoms with Crippen molar-refractivity contribution in [3.8, 4) is 11.5 Å². The van der Waals surface area contributed by atoms with E-state index in [9.17, 15) is 9.59 Å². The molecule has 1 aromatic heterocycles. The van der Waals surface area contributed by atoms with Crippen molar-refractivity contribution < 1.29 is 19.1 Å². The number of amides is 1. The molecule has 1 amide bonds. The first-order valence-corrected chi connectivity index (χ1v) is 9.14. The van der Waals surface area contributed by atoms with Crippen LogP contribution in [-0.4, -0.2) is 41.5 Å². The van der Waals surface area contributed by atoms with Gasteiger partial charge < -0.3 is 14.4 Å². The second kappa shape index (κ2) is 8.66. The zero-order valence-corrected chi connectivity index (χ0v) is 15.6. The number of ether oxygens (including phenoxy) is 2. The molecule has 1 aromatic carbocycles. The molecule has 1 aliphatic heterocycles. The maximum Gasteiger partial charge on any atom is 0.342 e. The molecule has 27 heavy (non-hydrogen) atoms. The maximum atomic E-state index is 12.5. The van der Waals surface area contributed by atoms with Gasteiger partial charge in [0.2, 0.25) is 0 Å². The highest BCUT2D eigenvalue weighted by Crippen LogP contribution is 2.25. The molecule has 1 aliphatic rings. The van der Waals surface area contributed by atoms with Crippen LogP contribution in [0.2, 0.25) is 0 Å². The summed E-state index contributed by atoms with van der Waals surface area (Å²) in [6, 6.07) is 10.3. The normalized spacial score (nSPS) is 19.4. The second-order valence-corrected chi connectivity index (χ2v) is 7.11. The van der Waals surface area contributed by atoms with Crippen LogP contribution in [-0.2, 0) is 9.53 Å². The fraction of sp³-hybridized carbons (Fsp3) is 0.381. The molecular formula is C21H24N2O4. The predicted octanol–water partition coefficient (Wildman–Crippen LogP) is 3.54. The number of aromatic nitrogens is 1. The van der Waals surface area contributed by atoms with E-state index in [2.05, 4.69) is 18.8 Å². The topological polar surface area (TPSA) is 68.7 Å². The largest absolute Gasteiger partial charge is 0.455 e. The van der Waals surface area contributed by atoms with Gasteiger partial charge in [-0.15, -0.1) is 0 Å². The average Bonchev–Trinajstić information content (AvgIpc) is 2.66.